The summed E-state index contributed by atoms with van der Waals surface area (Å²) < 4.78 is 0. The number of anilines is 2. The van der Waals surface area contributed by atoms with Crippen molar-refractivity contribution in [3.8, 4) is 11.3 Å². The first-order valence-corrected chi connectivity index (χ1v) is 7.84. The largest absolute Gasteiger partial charge is 0.325 e. The van der Waals surface area contributed by atoms with Crippen LogP contribution in [0.2, 0.25) is 0 Å². The summed E-state index contributed by atoms with van der Waals surface area (Å²) in [5, 5.41) is 18.2. The minimum absolute atomic E-state index is 0.125. The van der Waals surface area contributed by atoms with Gasteiger partial charge in [-0.15, -0.1) is 11.3 Å². The van der Waals surface area contributed by atoms with Gasteiger partial charge in [-0.25, -0.2) is 9.78 Å². The van der Waals surface area contributed by atoms with Crippen molar-refractivity contribution in [3.05, 3.63) is 70.1 Å². The van der Waals surface area contributed by atoms with Gasteiger partial charge < -0.3 is 5.32 Å². The van der Waals surface area contributed by atoms with E-state index in [1.165, 1.54) is 29.5 Å². The number of carbonyl (C=O) groups excluding carboxylic acids is 1. The number of hydrogen-bond acceptors (Lipinski definition) is 5. The molecule has 0 spiro atoms. The lowest BCUT2D eigenvalue weighted by molar-refractivity contribution is -0.383. The minimum Gasteiger partial charge on any atom is -0.302 e. The Hall–Kier alpha value is -3.26. The number of benzene rings is 2. The summed E-state index contributed by atoms with van der Waals surface area (Å²) in [6, 6.07) is 14.9. The topological polar surface area (TPSA) is 97.2 Å². The van der Waals surface area contributed by atoms with E-state index in [-0.39, 0.29) is 11.4 Å². The third kappa shape index (κ3) is 3.55. The Morgan fingerprint density at radius 2 is 1.75 bits per heavy atom. The lowest BCUT2D eigenvalue weighted by atomic mass is 10.2. The van der Waals surface area contributed by atoms with Crippen LogP contribution in [0.1, 0.15) is 0 Å². The monoisotopic (exact) mass is 340 g/mol. The van der Waals surface area contributed by atoms with Crippen molar-refractivity contribution in [3.63, 3.8) is 0 Å². The second-order valence-corrected chi connectivity index (χ2v) is 5.62. The predicted molar refractivity (Wildman–Crippen MR) is 93.3 cm³/mol. The van der Waals surface area contributed by atoms with Crippen LogP contribution in [0, 0.1) is 10.1 Å². The van der Waals surface area contributed by atoms with E-state index >= 15 is 0 Å². The lowest BCUT2D eigenvalue weighted by Gasteiger charge is -2.05. The van der Waals surface area contributed by atoms with Crippen molar-refractivity contribution in [1.29, 1.82) is 0 Å². The molecule has 120 valence electrons. The number of aromatic nitrogens is 1. The molecular formula is C16H12N4O3S. The number of nitro groups is 1. The number of amides is 2. The van der Waals surface area contributed by atoms with Crippen molar-refractivity contribution in [2.45, 2.75) is 0 Å². The Labute approximate surface area is 141 Å². The molecule has 0 saturated heterocycles. The molecular weight excluding hydrogens is 328 g/mol. The predicted octanol–water partition coefficient (Wildman–Crippen LogP) is 4.36. The molecule has 1 heterocycles. The minimum atomic E-state index is -0.585. The Morgan fingerprint density at radius 3 is 2.50 bits per heavy atom. The second-order valence-electron chi connectivity index (χ2n) is 4.76. The van der Waals surface area contributed by atoms with Crippen LogP contribution < -0.4 is 10.6 Å². The summed E-state index contributed by atoms with van der Waals surface area (Å²) in [5.41, 5.74) is 1.65. The first-order chi connectivity index (χ1) is 11.6. The van der Waals surface area contributed by atoms with E-state index < -0.39 is 11.0 Å². The van der Waals surface area contributed by atoms with Gasteiger partial charge in [-0.05, 0) is 6.07 Å². The van der Waals surface area contributed by atoms with E-state index in [1.807, 2.05) is 35.7 Å². The molecule has 2 amide bonds. The fraction of sp³-hybridized carbons (Fsp3) is 0. The first kappa shape index (κ1) is 15.6. The molecule has 0 aliphatic rings. The molecule has 2 N–H and O–H groups in total. The summed E-state index contributed by atoms with van der Waals surface area (Å²) >= 11 is 1.28. The molecule has 2 aromatic carbocycles. The zero-order valence-electron chi connectivity index (χ0n) is 12.3. The molecule has 0 saturated carbocycles. The maximum atomic E-state index is 12.0. The van der Waals surface area contributed by atoms with Crippen LogP contribution in [0.4, 0.5) is 21.3 Å². The van der Waals surface area contributed by atoms with Gasteiger partial charge in [0.1, 0.15) is 5.69 Å². The number of carbonyl (C=O) groups is 1. The van der Waals surface area contributed by atoms with E-state index in [0.717, 1.165) is 11.3 Å². The smallest absolute Gasteiger partial charge is 0.302 e. The van der Waals surface area contributed by atoms with Crippen LogP contribution in [-0.4, -0.2) is 15.9 Å². The molecule has 0 aliphatic carbocycles. The second kappa shape index (κ2) is 6.88. The number of nitrogens with one attached hydrogen (secondary N) is 2. The zero-order valence-corrected chi connectivity index (χ0v) is 13.1. The Bertz CT molecular complexity index is 880. The summed E-state index contributed by atoms with van der Waals surface area (Å²) in [6.45, 7) is 0. The Morgan fingerprint density at radius 1 is 1.04 bits per heavy atom. The van der Waals surface area contributed by atoms with Gasteiger partial charge in [0.25, 0.3) is 5.69 Å². The standard InChI is InChI=1S/C16H12N4O3S/c21-15(17-12-8-4-5-9-14(12)20(22)23)19-16-18-13(10-24-16)11-6-2-1-3-7-11/h1-10H,(H2,17,18,19,21). The number of para-hydroxylation sites is 2. The first-order valence-electron chi connectivity index (χ1n) is 6.96. The molecule has 0 atom stereocenters. The van der Waals surface area contributed by atoms with E-state index in [1.54, 1.807) is 6.07 Å². The number of hydrogen-bond donors (Lipinski definition) is 2. The average molecular weight is 340 g/mol. The third-order valence-corrected chi connectivity index (χ3v) is 3.90. The summed E-state index contributed by atoms with van der Waals surface area (Å²) in [4.78, 5) is 26.8. The number of thiazole rings is 1. The highest BCUT2D eigenvalue weighted by Gasteiger charge is 2.15. The molecule has 0 fully saturated rings. The SMILES string of the molecule is O=C(Nc1nc(-c2ccccc2)cs1)Nc1ccccc1[N+](=O)[O-]. The number of nitrogens with zero attached hydrogens (tertiary/aromatic N) is 2. The Balaban J connectivity index is 1.70. The highest BCUT2D eigenvalue weighted by Crippen LogP contribution is 2.26. The molecule has 24 heavy (non-hydrogen) atoms. The Kier molecular flexibility index (Phi) is 4.48. The van der Waals surface area contributed by atoms with Gasteiger partial charge in [0.2, 0.25) is 0 Å². The van der Waals surface area contributed by atoms with E-state index in [4.69, 9.17) is 0 Å². The highest BCUT2D eigenvalue weighted by molar-refractivity contribution is 7.14. The quantitative estimate of drug-likeness (QED) is 0.544. The van der Waals surface area contributed by atoms with Crippen LogP contribution >= 0.6 is 11.3 Å². The molecule has 0 bridgehead atoms. The summed E-state index contributed by atoms with van der Waals surface area (Å²) in [5.74, 6) is 0. The van der Waals surface area contributed by atoms with E-state index in [0.29, 0.717) is 5.13 Å². The molecule has 0 aliphatic heterocycles. The van der Waals surface area contributed by atoms with Crippen molar-refractivity contribution >= 4 is 33.9 Å². The summed E-state index contributed by atoms with van der Waals surface area (Å²) in [7, 11) is 0. The van der Waals surface area contributed by atoms with Crippen LogP contribution in [0.15, 0.2) is 60.0 Å². The van der Waals surface area contributed by atoms with Gasteiger partial charge in [-0.1, -0.05) is 42.5 Å². The molecule has 1 aromatic heterocycles. The van der Waals surface area contributed by atoms with Crippen LogP contribution in [-0.2, 0) is 0 Å². The van der Waals surface area contributed by atoms with Crippen molar-refractivity contribution in [2.24, 2.45) is 0 Å². The van der Waals surface area contributed by atoms with E-state index in [9.17, 15) is 14.9 Å². The van der Waals surface area contributed by atoms with Crippen LogP contribution in [0.3, 0.4) is 0 Å². The molecule has 0 radical (unpaired) electrons. The normalized spacial score (nSPS) is 10.2. The maximum absolute atomic E-state index is 12.0. The molecule has 0 unspecified atom stereocenters. The highest BCUT2D eigenvalue weighted by atomic mass is 32.1. The zero-order chi connectivity index (χ0) is 16.9. The lowest BCUT2D eigenvalue weighted by Crippen LogP contribution is -2.19. The van der Waals surface area contributed by atoms with Gasteiger partial charge in [-0.2, -0.15) is 0 Å². The number of nitro benzene ring substituents is 1. The van der Waals surface area contributed by atoms with Gasteiger partial charge in [0.05, 0.1) is 10.6 Å². The molecule has 7 nitrogen and oxygen atoms in total. The molecule has 3 aromatic rings. The molecule has 3 rings (SSSR count). The van der Waals surface area contributed by atoms with Gasteiger partial charge in [-0.3, -0.25) is 15.4 Å². The number of urea groups is 1. The van der Waals surface area contributed by atoms with Gasteiger partial charge in [0.15, 0.2) is 5.13 Å². The maximum Gasteiger partial charge on any atom is 0.325 e. The van der Waals surface area contributed by atoms with Crippen molar-refractivity contribution < 1.29 is 9.72 Å². The number of rotatable bonds is 4. The summed E-state index contributed by atoms with van der Waals surface area (Å²) in [6.07, 6.45) is 0. The van der Waals surface area contributed by atoms with Gasteiger partial charge >= 0.3 is 6.03 Å². The van der Waals surface area contributed by atoms with Crippen LogP contribution in [0.5, 0.6) is 0 Å². The molecule has 8 heteroatoms. The van der Waals surface area contributed by atoms with Gasteiger partial charge in [0, 0.05) is 17.0 Å². The third-order valence-electron chi connectivity index (χ3n) is 3.14. The van der Waals surface area contributed by atoms with E-state index in [2.05, 4.69) is 15.6 Å². The fourth-order valence-corrected chi connectivity index (χ4v) is 2.78. The van der Waals surface area contributed by atoms with Crippen molar-refractivity contribution in [2.75, 3.05) is 10.6 Å². The van der Waals surface area contributed by atoms with Crippen molar-refractivity contribution in [1.82, 2.24) is 4.98 Å². The van der Waals surface area contributed by atoms with Crippen LogP contribution in [0.25, 0.3) is 11.3 Å². The fourth-order valence-electron chi connectivity index (χ4n) is 2.06. The average Bonchev–Trinajstić information content (AvgIpc) is 3.04.